The number of thioether (sulfide) groups is 1. The van der Waals surface area contributed by atoms with Gasteiger partial charge in [0.15, 0.2) is 0 Å². The molecule has 3 nitrogen and oxygen atoms in total. The second-order valence-electron chi connectivity index (χ2n) is 6.03. The zero-order valence-electron chi connectivity index (χ0n) is 10.9. The Morgan fingerprint density at radius 2 is 2.06 bits per heavy atom. The molecular weight excluding hydrogens is 232 g/mol. The zero-order chi connectivity index (χ0) is 12.3. The van der Waals surface area contributed by atoms with E-state index in [0.29, 0.717) is 11.5 Å². The monoisotopic (exact) mass is 256 g/mol. The number of amides is 1. The third-order valence-electron chi connectivity index (χ3n) is 3.92. The minimum Gasteiger partial charge on any atom is -0.352 e. The van der Waals surface area contributed by atoms with Crippen LogP contribution in [-0.4, -0.2) is 36.0 Å². The molecular formula is C13H24N2OS. The molecule has 1 saturated carbocycles. The SMILES string of the molecule is CC1(C)CCC(NC(=O)C2CSCCN2)CC1. The molecule has 1 aliphatic carbocycles. The quantitative estimate of drug-likeness (QED) is 0.791. The highest BCUT2D eigenvalue weighted by atomic mass is 32.2. The van der Waals surface area contributed by atoms with E-state index >= 15 is 0 Å². The van der Waals surface area contributed by atoms with Gasteiger partial charge in [0, 0.05) is 24.1 Å². The van der Waals surface area contributed by atoms with Crippen molar-refractivity contribution in [1.29, 1.82) is 0 Å². The van der Waals surface area contributed by atoms with Crippen LogP contribution in [0, 0.1) is 5.41 Å². The van der Waals surface area contributed by atoms with E-state index in [4.69, 9.17) is 0 Å². The smallest absolute Gasteiger partial charge is 0.238 e. The van der Waals surface area contributed by atoms with E-state index in [1.165, 1.54) is 12.8 Å². The van der Waals surface area contributed by atoms with Crippen molar-refractivity contribution in [1.82, 2.24) is 10.6 Å². The van der Waals surface area contributed by atoms with Gasteiger partial charge < -0.3 is 10.6 Å². The first-order valence-electron chi connectivity index (χ1n) is 6.68. The third kappa shape index (κ3) is 3.88. The van der Waals surface area contributed by atoms with Gasteiger partial charge in [0.25, 0.3) is 0 Å². The molecule has 0 aromatic heterocycles. The Hall–Kier alpha value is -0.220. The Labute approximate surface area is 108 Å². The van der Waals surface area contributed by atoms with Crippen LogP contribution in [0.3, 0.4) is 0 Å². The van der Waals surface area contributed by atoms with Gasteiger partial charge in [-0.15, -0.1) is 0 Å². The summed E-state index contributed by atoms with van der Waals surface area (Å²) in [6.07, 6.45) is 4.73. The fraction of sp³-hybridized carbons (Fsp3) is 0.923. The number of hydrogen-bond acceptors (Lipinski definition) is 3. The molecule has 0 radical (unpaired) electrons. The largest absolute Gasteiger partial charge is 0.352 e. The summed E-state index contributed by atoms with van der Waals surface area (Å²) in [6.45, 7) is 5.61. The van der Waals surface area contributed by atoms with E-state index < -0.39 is 0 Å². The lowest BCUT2D eigenvalue weighted by atomic mass is 9.75. The molecule has 2 N–H and O–H groups in total. The summed E-state index contributed by atoms with van der Waals surface area (Å²) in [5, 5.41) is 6.50. The van der Waals surface area contributed by atoms with Crippen molar-refractivity contribution in [2.45, 2.75) is 51.6 Å². The first kappa shape index (κ1) is 13.2. The van der Waals surface area contributed by atoms with Crippen LogP contribution in [0.15, 0.2) is 0 Å². The van der Waals surface area contributed by atoms with Crippen LogP contribution in [0.2, 0.25) is 0 Å². The van der Waals surface area contributed by atoms with Gasteiger partial charge in [0.1, 0.15) is 0 Å². The fourth-order valence-electron chi connectivity index (χ4n) is 2.58. The van der Waals surface area contributed by atoms with Gasteiger partial charge in [0.2, 0.25) is 5.91 Å². The van der Waals surface area contributed by atoms with Crippen molar-refractivity contribution in [2.24, 2.45) is 5.41 Å². The summed E-state index contributed by atoms with van der Waals surface area (Å²) >= 11 is 1.87. The van der Waals surface area contributed by atoms with E-state index in [1.807, 2.05) is 11.8 Å². The van der Waals surface area contributed by atoms with Gasteiger partial charge in [0.05, 0.1) is 6.04 Å². The van der Waals surface area contributed by atoms with Crippen molar-refractivity contribution < 1.29 is 4.79 Å². The lowest BCUT2D eigenvalue weighted by Gasteiger charge is -2.35. The molecule has 0 aromatic carbocycles. The van der Waals surface area contributed by atoms with Gasteiger partial charge in [-0.2, -0.15) is 11.8 Å². The first-order chi connectivity index (χ1) is 8.07. The molecule has 2 fully saturated rings. The lowest BCUT2D eigenvalue weighted by molar-refractivity contribution is -0.123. The Bertz CT molecular complexity index is 265. The molecule has 1 aliphatic heterocycles. The first-order valence-corrected chi connectivity index (χ1v) is 7.84. The molecule has 1 atom stereocenters. The Morgan fingerprint density at radius 1 is 1.35 bits per heavy atom. The summed E-state index contributed by atoms with van der Waals surface area (Å²) in [7, 11) is 0. The molecule has 0 aromatic rings. The second kappa shape index (κ2) is 5.61. The average Bonchev–Trinajstić information content (AvgIpc) is 2.33. The minimum atomic E-state index is 0.0312. The van der Waals surface area contributed by atoms with E-state index in [9.17, 15) is 4.79 Å². The van der Waals surface area contributed by atoms with Gasteiger partial charge in [-0.25, -0.2) is 0 Å². The molecule has 1 saturated heterocycles. The Balaban J connectivity index is 1.75. The van der Waals surface area contributed by atoms with Gasteiger partial charge in [-0.05, 0) is 31.1 Å². The number of carbonyl (C=O) groups excluding carboxylic acids is 1. The molecule has 17 heavy (non-hydrogen) atoms. The molecule has 2 aliphatic rings. The van der Waals surface area contributed by atoms with Crippen molar-refractivity contribution >= 4 is 17.7 Å². The number of hydrogen-bond donors (Lipinski definition) is 2. The van der Waals surface area contributed by atoms with Crippen molar-refractivity contribution in [2.75, 3.05) is 18.1 Å². The number of nitrogens with one attached hydrogen (secondary N) is 2. The van der Waals surface area contributed by atoms with Gasteiger partial charge >= 0.3 is 0 Å². The predicted molar refractivity (Wildman–Crippen MR) is 73.3 cm³/mol. The van der Waals surface area contributed by atoms with E-state index in [2.05, 4.69) is 24.5 Å². The lowest BCUT2D eigenvalue weighted by Crippen LogP contribution is -2.52. The zero-order valence-corrected chi connectivity index (χ0v) is 11.7. The summed E-state index contributed by atoms with van der Waals surface area (Å²) in [5.74, 6) is 2.26. The third-order valence-corrected chi connectivity index (χ3v) is 4.99. The van der Waals surface area contributed by atoms with Crippen LogP contribution < -0.4 is 10.6 Å². The Kier molecular flexibility index (Phi) is 4.36. The van der Waals surface area contributed by atoms with E-state index in [1.54, 1.807) is 0 Å². The molecule has 0 spiro atoms. The molecule has 98 valence electrons. The normalized spacial score (nSPS) is 29.9. The summed E-state index contributed by atoms with van der Waals surface area (Å²) in [4.78, 5) is 12.0. The Morgan fingerprint density at radius 3 is 2.65 bits per heavy atom. The fourth-order valence-corrected chi connectivity index (χ4v) is 3.51. The van der Waals surface area contributed by atoms with Crippen LogP contribution in [0.25, 0.3) is 0 Å². The number of carbonyl (C=O) groups is 1. The molecule has 1 amide bonds. The summed E-state index contributed by atoms with van der Waals surface area (Å²) in [6, 6.07) is 0.438. The molecule has 1 unspecified atom stereocenters. The van der Waals surface area contributed by atoms with Crippen LogP contribution in [0.4, 0.5) is 0 Å². The van der Waals surface area contributed by atoms with Gasteiger partial charge in [-0.1, -0.05) is 13.8 Å². The standard InChI is InChI=1S/C13H24N2OS/c1-13(2)5-3-10(4-6-13)15-12(16)11-9-17-8-7-14-11/h10-11,14H,3-9H2,1-2H3,(H,15,16). The topological polar surface area (TPSA) is 41.1 Å². The van der Waals surface area contributed by atoms with Crippen molar-refractivity contribution in [3.8, 4) is 0 Å². The highest BCUT2D eigenvalue weighted by Crippen LogP contribution is 2.34. The second-order valence-corrected chi connectivity index (χ2v) is 7.18. The molecule has 2 rings (SSSR count). The molecule has 0 bridgehead atoms. The highest BCUT2D eigenvalue weighted by Gasteiger charge is 2.29. The van der Waals surface area contributed by atoms with Crippen LogP contribution in [0.5, 0.6) is 0 Å². The maximum atomic E-state index is 12.0. The van der Waals surface area contributed by atoms with E-state index in [-0.39, 0.29) is 11.9 Å². The van der Waals surface area contributed by atoms with Crippen LogP contribution >= 0.6 is 11.8 Å². The molecule has 1 heterocycles. The highest BCUT2D eigenvalue weighted by molar-refractivity contribution is 7.99. The van der Waals surface area contributed by atoms with Crippen molar-refractivity contribution in [3.63, 3.8) is 0 Å². The van der Waals surface area contributed by atoms with Crippen molar-refractivity contribution in [3.05, 3.63) is 0 Å². The molecule has 4 heteroatoms. The van der Waals surface area contributed by atoms with Crippen LogP contribution in [-0.2, 0) is 4.79 Å². The van der Waals surface area contributed by atoms with Gasteiger partial charge in [-0.3, -0.25) is 4.79 Å². The predicted octanol–water partition coefficient (Wildman–Crippen LogP) is 1.78. The van der Waals surface area contributed by atoms with Crippen LogP contribution in [0.1, 0.15) is 39.5 Å². The maximum absolute atomic E-state index is 12.0. The summed E-state index contributed by atoms with van der Waals surface area (Å²) < 4.78 is 0. The average molecular weight is 256 g/mol. The van der Waals surface area contributed by atoms with E-state index in [0.717, 1.165) is 30.9 Å². The summed E-state index contributed by atoms with van der Waals surface area (Å²) in [5.41, 5.74) is 0.472. The number of rotatable bonds is 2. The minimum absolute atomic E-state index is 0.0312. The maximum Gasteiger partial charge on any atom is 0.238 e.